The molecule has 0 radical (unpaired) electrons. The minimum atomic E-state index is -0.566. The topological polar surface area (TPSA) is 75.0 Å². The van der Waals surface area contributed by atoms with Crippen molar-refractivity contribution < 1.29 is 14.6 Å². The van der Waals surface area contributed by atoms with Crippen molar-refractivity contribution in [3.8, 4) is 11.5 Å². The van der Waals surface area contributed by atoms with Crippen molar-refractivity contribution in [2.24, 2.45) is 0 Å². The molecule has 2 aliphatic heterocycles. The number of benzene rings is 2. The number of aromatic nitrogens is 1. The molecule has 1 fully saturated rings. The number of ether oxygens (including phenoxy) is 1. The molecule has 0 unspecified atom stereocenters. The van der Waals surface area contributed by atoms with Crippen LogP contribution < -0.4 is 15.2 Å². The Kier molecular flexibility index (Phi) is 4.72. The lowest BCUT2D eigenvalue weighted by Crippen LogP contribution is -2.64. The number of carbonyl (C=O) groups is 1. The fourth-order valence-corrected chi connectivity index (χ4v) is 5.34. The van der Waals surface area contributed by atoms with Gasteiger partial charge in [-0.1, -0.05) is 54.6 Å². The van der Waals surface area contributed by atoms with Crippen LogP contribution in [-0.4, -0.2) is 39.4 Å². The Morgan fingerprint density at radius 1 is 0.971 bits per heavy atom. The number of para-hydroxylation sites is 1. The standard InChI is InChI=1S/C27H25N3O4/c31-21-12-16-29-24(25(21)32)26(33)28-18-30(29)23(19-8-2-1-3-9-19)20-10-4-5-11-22(20)34-17-7-15-27(28)13-6-14-27/h1-5,7-12,15-16,23,32H,6,13-14,17-18H2/b15-7+/t23-/m1/s1. The highest BCUT2D eigenvalue weighted by atomic mass is 16.5. The van der Waals surface area contributed by atoms with Crippen LogP contribution in [0, 0.1) is 0 Å². The summed E-state index contributed by atoms with van der Waals surface area (Å²) in [6, 6.07) is 18.9. The molecule has 3 aliphatic rings. The van der Waals surface area contributed by atoms with Gasteiger partial charge in [0.1, 0.15) is 25.1 Å². The van der Waals surface area contributed by atoms with Gasteiger partial charge < -0.3 is 14.7 Å². The Morgan fingerprint density at radius 2 is 1.74 bits per heavy atom. The van der Waals surface area contributed by atoms with E-state index >= 15 is 0 Å². The SMILES string of the molecule is O=C1c2c(O)c(=O)ccn2N2CN1C1(/C=C/COc3ccccc3[C@H]2c2ccccc2)CCC1. The number of fused-ring (bicyclic) bond motifs is 6. The van der Waals surface area contributed by atoms with Crippen LogP contribution in [0.15, 0.2) is 83.8 Å². The second kappa shape index (κ2) is 7.80. The van der Waals surface area contributed by atoms with Crippen LogP contribution in [0.4, 0.5) is 0 Å². The lowest BCUT2D eigenvalue weighted by molar-refractivity contribution is 0.0255. The zero-order chi connectivity index (χ0) is 23.3. The Bertz CT molecular complexity index is 1340. The Morgan fingerprint density at radius 3 is 2.50 bits per heavy atom. The normalized spacial score (nSPS) is 21.5. The van der Waals surface area contributed by atoms with Gasteiger partial charge in [-0.3, -0.25) is 19.3 Å². The molecule has 1 spiro atoms. The summed E-state index contributed by atoms with van der Waals surface area (Å²) in [5.41, 5.74) is 0.901. The van der Waals surface area contributed by atoms with Crippen molar-refractivity contribution in [3.63, 3.8) is 0 Å². The molecule has 1 saturated carbocycles. The zero-order valence-electron chi connectivity index (χ0n) is 18.6. The molecule has 172 valence electrons. The number of aromatic hydroxyl groups is 1. The first kappa shape index (κ1) is 20.6. The van der Waals surface area contributed by atoms with Gasteiger partial charge >= 0.3 is 0 Å². The minimum Gasteiger partial charge on any atom is -0.502 e. The van der Waals surface area contributed by atoms with E-state index in [4.69, 9.17) is 4.74 Å². The van der Waals surface area contributed by atoms with E-state index in [0.717, 1.165) is 36.1 Å². The highest BCUT2D eigenvalue weighted by Gasteiger charge is 2.48. The van der Waals surface area contributed by atoms with Gasteiger partial charge in [0.25, 0.3) is 5.91 Å². The molecule has 2 bridgehead atoms. The predicted molar refractivity (Wildman–Crippen MR) is 128 cm³/mol. The van der Waals surface area contributed by atoms with E-state index in [9.17, 15) is 14.7 Å². The largest absolute Gasteiger partial charge is 0.502 e. The van der Waals surface area contributed by atoms with Crippen LogP contribution in [-0.2, 0) is 0 Å². The average Bonchev–Trinajstić information content (AvgIpc) is 2.85. The number of carbonyl (C=O) groups excluding carboxylic acids is 1. The van der Waals surface area contributed by atoms with Crippen molar-refractivity contribution >= 4 is 5.91 Å². The number of hydrogen-bond donors (Lipinski definition) is 1. The minimum absolute atomic E-state index is 0.00278. The third kappa shape index (κ3) is 3.04. The molecule has 7 nitrogen and oxygen atoms in total. The number of amides is 1. The molecular formula is C27H25N3O4. The molecule has 0 saturated heterocycles. The quantitative estimate of drug-likeness (QED) is 0.568. The van der Waals surface area contributed by atoms with Crippen molar-refractivity contribution in [2.75, 3.05) is 18.3 Å². The van der Waals surface area contributed by atoms with Crippen molar-refractivity contribution in [2.45, 2.75) is 30.8 Å². The molecule has 1 aromatic heterocycles. The van der Waals surface area contributed by atoms with E-state index in [2.05, 4.69) is 6.08 Å². The van der Waals surface area contributed by atoms with Crippen LogP contribution in [0.2, 0.25) is 0 Å². The van der Waals surface area contributed by atoms with Crippen molar-refractivity contribution in [1.29, 1.82) is 0 Å². The molecule has 3 aromatic rings. The third-order valence-corrected chi connectivity index (χ3v) is 7.21. The van der Waals surface area contributed by atoms with Crippen LogP contribution >= 0.6 is 0 Å². The highest BCUT2D eigenvalue weighted by molar-refractivity contribution is 5.97. The number of nitrogens with zero attached hydrogens (tertiary/aromatic N) is 3. The summed E-state index contributed by atoms with van der Waals surface area (Å²) in [6.45, 7) is 0.685. The maximum atomic E-state index is 13.8. The summed E-state index contributed by atoms with van der Waals surface area (Å²) in [4.78, 5) is 28.0. The van der Waals surface area contributed by atoms with Gasteiger partial charge in [0, 0.05) is 17.8 Å². The first-order valence-electron chi connectivity index (χ1n) is 11.6. The molecule has 1 amide bonds. The van der Waals surface area contributed by atoms with E-state index in [1.54, 1.807) is 10.9 Å². The van der Waals surface area contributed by atoms with Crippen LogP contribution in [0.1, 0.15) is 46.9 Å². The predicted octanol–water partition coefficient (Wildman–Crippen LogP) is 3.57. The number of pyridine rings is 1. The summed E-state index contributed by atoms with van der Waals surface area (Å²) >= 11 is 0. The number of hydrogen-bond acceptors (Lipinski definition) is 5. The smallest absolute Gasteiger partial charge is 0.278 e. The van der Waals surface area contributed by atoms with E-state index in [-0.39, 0.29) is 17.6 Å². The van der Waals surface area contributed by atoms with E-state index < -0.39 is 16.7 Å². The Labute approximate surface area is 197 Å². The molecule has 2 aromatic carbocycles. The van der Waals surface area contributed by atoms with Gasteiger partial charge in [-0.2, -0.15) is 0 Å². The lowest BCUT2D eigenvalue weighted by Gasteiger charge is -2.53. The monoisotopic (exact) mass is 455 g/mol. The molecular weight excluding hydrogens is 430 g/mol. The van der Waals surface area contributed by atoms with Gasteiger partial charge in [-0.05, 0) is 37.0 Å². The van der Waals surface area contributed by atoms with Crippen molar-refractivity contribution in [3.05, 3.63) is 106 Å². The van der Waals surface area contributed by atoms with Gasteiger partial charge in [0.15, 0.2) is 11.4 Å². The van der Waals surface area contributed by atoms with Gasteiger partial charge in [0.05, 0.1) is 5.54 Å². The average molecular weight is 456 g/mol. The lowest BCUT2D eigenvalue weighted by atomic mass is 9.74. The summed E-state index contributed by atoms with van der Waals surface area (Å²) in [5, 5.41) is 12.8. The molecule has 3 heterocycles. The molecule has 34 heavy (non-hydrogen) atoms. The first-order chi connectivity index (χ1) is 16.6. The molecule has 6 rings (SSSR count). The van der Waals surface area contributed by atoms with E-state index in [1.165, 1.54) is 6.07 Å². The van der Waals surface area contributed by atoms with Crippen molar-refractivity contribution in [1.82, 2.24) is 9.58 Å². The first-order valence-corrected chi connectivity index (χ1v) is 11.6. The highest BCUT2D eigenvalue weighted by Crippen LogP contribution is 2.44. The zero-order valence-corrected chi connectivity index (χ0v) is 18.6. The molecule has 1 aliphatic carbocycles. The Balaban J connectivity index is 1.65. The molecule has 1 atom stereocenters. The van der Waals surface area contributed by atoms with E-state index in [0.29, 0.717) is 13.3 Å². The molecule has 7 heteroatoms. The summed E-state index contributed by atoms with van der Waals surface area (Å²) in [6.07, 6.45) is 8.27. The summed E-state index contributed by atoms with van der Waals surface area (Å²) < 4.78 is 7.85. The third-order valence-electron chi connectivity index (χ3n) is 7.21. The number of rotatable bonds is 1. The van der Waals surface area contributed by atoms with Crippen LogP contribution in [0.3, 0.4) is 0 Å². The fraction of sp³-hybridized carbons (Fsp3) is 0.259. The van der Waals surface area contributed by atoms with Crippen LogP contribution in [0.5, 0.6) is 11.5 Å². The van der Waals surface area contributed by atoms with Gasteiger partial charge in [0.2, 0.25) is 5.43 Å². The maximum Gasteiger partial charge on any atom is 0.278 e. The van der Waals surface area contributed by atoms with Crippen LogP contribution in [0.25, 0.3) is 0 Å². The van der Waals surface area contributed by atoms with E-state index in [1.807, 2.05) is 70.6 Å². The Hall–Kier alpha value is -4.00. The summed E-state index contributed by atoms with van der Waals surface area (Å²) in [7, 11) is 0. The van der Waals surface area contributed by atoms with Gasteiger partial charge in [-0.25, -0.2) is 0 Å². The maximum absolute atomic E-state index is 13.8. The second-order valence-corrected chi connectivity index (χ2v) is 9.06. The molecule has 1 N–H and O–H groups in total. The summed E-state index contributed by atoms with van der Waals surface area (Å²) in [5.74, 6) is -0.108. The second-order valence-electron chi connectivity index (χ2n) is 9.06. The van der Waals surface area contributed by atoms with Gasteiger partial charge in [-0.15, -0.1) is 0 Å². The fourth-order valence-electron chi connectivity index (χ4n) is 5.34.